The van der Waals surface area contributed by atoms with E-state index in [0.29, 0.717) is 10.2 Å². The topological polar surface area (TPSA) is 79.8 Å². The molecule has 3 aromatic heterocycles. The molecule has 3 heterocycles. The van der Waals surface area contributed by atoms with Crippen LogP contribution in [0, 0.1) is 4.77 Å². The number of amides is 1. The van der Waals surface area contributed by atoms with Gasteiger partial charge in [-0.3, -0.25) is 20.0 Å². The molecule has 0 saturated carbocycles. The predicted octanol–water partition coefficient (Wildman–Crippen LogP) is 3.49. The average Bonchev–Trinajstić information content (AvgIpc) is 3.09. The molecule has 0 bridgehead atoms. The van der Waals surface area contributed by atoms with Crippen molar-refractivity contribution in [1.29, 1.82) is 0 Å². The van der Waals surface area contributed by atoms with Crippen molar-refractivity contribution in [3.63, 3.8) is 0 Å². The summed E-state index contributed by atoms with van der Waals surface area (Å²) in [6.45, 7) is 0. The molecular formula is C19H14N4O2S2. The van der Waals surface area contributed by atoms with Gasteiger partial charge in [0.1, 0.15) is 10.5 Å². The largest absolute Gasteiger partial charge is 0.322 e. The van der Waals surface area contributed by atoms with Gasteiger partial charge in [-0.25, -0.2) is 0 Å². The van der Waals surface area contributed by atoms with E-state index in [9.17, 15) is 9.59 Å². The van der Waals surface area contributed by atoms with Gasteiger partial charge in [0.05, 0.1) is 5.39 Å². The Kier molecular flexibility index (Phi) is 4.66. The normalized spacial score (nSPS) is 10.8. The van der Waals surface area contributed by atoms with Crippen molar-refractivity contribution in [2.75, 3.05) is 5.43 Å². The Bertz CT molecular complexity index is 1230. The van der Waals surface area contributed by atoms with E-state index in [0.717, 1.165) is 21.5 Å². The van der Waals surface area contributed by atoms with Gasteiger partial charge in [-0.2, -0.15) is 4.68 Å². The van der Waals surface area contributed by atoms with Gasteiger partial charge < -0.3 is 4.98 Å². The standard InChI is InChI=1S/C19H14N4O2S2/c24-16(15-8-4-5-9-20-15)22-23-18(25)14-11-13(27-17(14)21-19(23)26)10-12-6-2-1-3-7-12/h1-9,11H,10H2,(H,21,26)(H,22,24). The molecule has 8 heteroatoms. The molecule has 0 aliphatic carbocycles. The molecular weight excluding hydrogens is 380 g/mol. The van der Waals surface area contributed by atoms with Crippen LogP contribution in [-0.4, -0.2) is 20.6 Å². The average molecular weight is 394 g/mol. The molecule has 0 radical (unpaired) electrons. The lowest BCUT2D eigenvalue weighted by atomic mass is 10.1. The summed E-state index contributed by atoms with van der Waals surface area (Å²) in [5, 5.41) is 0.487. The smallest absolute Gasteiger partial charge is 0.288 e. The third kappa shape index (κ3) is 3.57. The summed E-state index contributed by atoms with van der Waals surface area (Å²) in [5.41, 5.74) is 3.51. The number of nitrogens with zero attached hydrogens (tertiary/aromatic N) is 2. The van der Waals surface area contributed by atoms with E-state index < -0.39 is 5.91 Å². The number of aromatic nitrogens is 3. The number of aromatic amines is 1. The molecule has 1 amide bonds. The maximum absolute atomic E-state index is 12.8. The summed E-state index contributed by atoms with van der Waals surface area (Å²) in [4.78, 5) is 33.9. The molecule has 0 aliphatic heterocycles. The number of thiophene rings is 1. The molecule has 0 spiro atoms. The molecule has 134 valence electrons. The van der Waals surface area contributed by atoms with Crippen molar-refractivity contribution in [1.82, 2.24) is 14.6 Å². The van der Waals surface area contributed by atoms with Crippen LogP contribution in [0.1, 0.15) is 20.9 Å². The first kappa shape index (κ1) is 17.3. The third-order valence-electron chi connectivity index (χ3n) is 3.97. The lowest BCUT2D eigenvalue weighted by molar-refractivity contribution is 0.100. The molecule has 0 saturated heterocycles. The molecule has 0 atom stereocenters. The van der Waals surface area contributed by atoms with E-state index in [4.69, 9.17) is 12.2 Å². The number of hydrogen-bond donors (Lipinski definition) is 2. The fourth-order valence-corrected chi connectivity index (χ4v) is 4.08. The molecule has 0 fully saturated rings. The van der Waals surface area contributed by atoms with Gasteiger partial charge in [0, 0.05) is 17.5 Å². The lowest BCUT2D eigenvalue weighted by Gasteiger charge is -2.07. The fraction of sp³-hybridized carbons (Fsp3) is 0.0526. The quantitative estimate of drug-likeness (QED) is 0.519. The molecule has 0 unspecified atom stereocenters. The second-order valence-electron chi connectivity index (χ2n) is 5.84. The number of carbonyl (C=O) groups is 1. The van der Waals surface area contributed by atoms with Crippen LogP contribution in [0.3, 0.4) is 0 Å². The number of pyridine rings is 1. The minimum Gasteiger partial charge on any atom is -0.322 e. The highest BCUT2D eigenvalue weighted by Crippen LogP contribution is 2.23. The highest BCUT2D eigenvalue weighted by atomic mass is 32.1. The highest BCUT2D eigenvalue weighted by molar-refractivity contribution is 7.71. The Morgan fingerprint density at radius 2 is 1.96 bits per heavy atom. The molecule has 0 aliphatic rings. The van der Waals surface area contributed by atoms with Gasteiger partial charge in [0.15, 0.2) is 0 Å². The summed E-state index contributed by atoms with van der Waals surface area (Å²) in [5.74, 6) is -0.503. The summed E-state index contributed by atoms with van der Waals surface area (Å²) in [7, 11) is 0. The van der Waals surface area contributed by atoms with Crippen LogP contribution in [0.25, 0.3) is 10.2 Å². The zero-order chi connectivity index (χ0) is 18.8. The van der Waals surface area contributed by atoms with Gasteiger partial charge in [-0.15, -0.1) is 11.3 Å². The van der Waals surface area contributed by atoms with Gasteiger partial charge in [0.2, 0.25) is 4.77 Å². The van der Waals surface area contributed by atoms with Gasteiger partial charge in [-0.1, -0.05) is 36.4 Å². The van der Waals surface area contributed by atoms with Crippen LogP contribution in [0.5, 0.6) is 0 Å². The van der Waals surface area contributed by atoms with Crippen LogP contribution >= 0.6 is 23.6 Å². The second-order valence-corrected chi connectivity index (χ2v) is 7.37. The molecule has 2 N–H and O–H groups in total. The highest BCUT2D eigenvalue weighted by Gasteiger charge is 2.13. The van der Waals surface area contributed by atoms with Crippen LogP contribution in [0.15, 0.2) is 65.6 Å². The van der Waals surface area contributed by atoms with E-state index in [1.165, 1.54) is 17.5 Å². The van der Waals surface area contributed by atoms with E-state index in [1.54, 1.807) is 18.2 Å². The zero-order valence-corrected chi connectivity index (χ0v) is 15.6. The fourth-order valence-electron chi connectivity index (χ4n) is 2.70. The van der Waals surface area contributed by atoms with Crippen molar-refractivity contribution in [2.45, 2.75) is 6.42 Å². The molecule has 1 aromatic carbocycles. The van der Waals surface area contributed by atoms with E-state index >= 15 is 0 Å². The minimum absolute atomic E-state index is 0.130. The molecule has 6 nitrogen and oxygen atoms in total. The van der Waals surface area contributed by atoms with E-state index in [1.807, 2.05) is 36.4 Å². The number of rotatable bonds is 4. The first-order valence-electron chi connectivity index (χ1n) is 8.16. The first-order chi connectivity index (χ1) is 13.1. The number of nitrogens with one attached hydrogen (secondary N) is 2. The van der Waals surface area contributed by atoms with Crippen LogP contribution in [0.2, 0.25) is 0 Å². The van der Waals surface area contributed by atoms with Gasteiger partial charge >= 0.3 is 0 Å². The number of fused-ring (bicyclic) bond motifs is 1. The zero-order valence-electron chi connectivity index (χ0n) is 14.0. The maximum atomic E-state index is 12.8. The van der Waals surface area contributed by atoms with Gasteiger partial charge in [0.25, 0.3) is 11.5 Å². The minimum atomic E-state index is -0.503. The van der Waals surface area contributed by atoms with Crippen molar-refractivity contribution in [3.05, 3.63) is 92.1 Å². The second kappa shape index (κ2) is 7.26. The van der Waals surface area contributed by atoms with E-state index in [-0.39, 0.29) is 16.0 Å². The Hall–Kier alpha value is -3.10. The van der Waals surface area contributed by atoms with Crippen LogP contribution in [-0.2, 0) is 6.42 Å². The SMILES string of the molecule is O=C(Nn1c(=S)[nH]c2sc(Cc3ccccc3)cc2c1=O)c1ccccn1. The van der Waals surface area contributed by atoms with Gasteiger partial charge in [-0.05, 0) is 36.0 Å². The van der Waals surface area contributed by atoms with Crippen molar-refractivity contribution in [3.8, 4) is 0 Å². The molecule has 4 aromatic rings. The summed E-state index contributed by atoms with van der Waals surface area (Å²) in [6.07, 6.45) is 2.23. The maximum Gasteiger partial charge on any atom is 0.288 e. The number of benzene rings is 1. The Labute approximate surface area is 163 Å². The van der Waals surface area contributed by atoms with Crippen molar-refractivity contribution >= 4 is 39.7 Å². The first-order valence-corrected chi connectivity index (χ1v) is 9.38. The number of H-pyrrole nitrogens is 1. The number of hydrogen-bond acceptors (Lipinski definition) is 5. The van der Waals surface area contributed by atoms with Crippen LogP contribution < -0.4 is 11.0 Å². The van der Waals surface area contributed by atoms with Crippen molar-refractivity contribution in [2.24, 2.45) is 0 Å². The summed E-state index contributed by atoms with van der Waals surface area (Å²) < 4.78 is 1.18. The monoisotopic (exact) mass is 394 g/mol. The Morgan fingerprint density at radius 1 is 1.19 bits per heavy atom. The Balaban J connectivity index is 1.69. The predicted molar refractivity (Wildman–Crippen MR) is 108 cm³/mol. The van der Waals surface area contributed by atoms with Crippen molar-refractivity contribution < 1.29 is 4.79 Å². The third-order valence-corrected chi connectivity index (χ3v) is 5.31. The van der Waals surface area contributed by atoms with E-state index in [2.05, 4.69) is 15.4 Å². The van der Waals surface area contributed by atoms with Crippen LogP contribution in [0.4, 0.5) is 0 Å². The Morgan fingerprint density at radius 3 is 2.70 bits per heavy atom. The summed E-state index contributed by atoms with van der Waals surface area (Å²) >= 11 is 6.74. The summed E-state index contributed by atoms with van der Waals surface area (Å²) in [6, 6.07) is 16.8. The molecule has 4 rings (SSSR count). The lowest BCUT2D eigenvalue weighted by Crippen LogP contribution is -2.34. The number of carbonyl (C=O) groups excluding carboxylic acids is 1. The molecule has 27 heavy (non-hydrogen) atoms.